The van der Waals surface area contributed by atoms with Crippen LogP contribution in [0.3, 0.4) is 0 Å². The van der Waals surface area contributed by atoms with Crippen LogP contribution in [0.4, 0.5) is 0 Å². The molecule has 0 N–H and O–H groups in total. The maximum Gasteiger partial charge on any atom is 0.328 e. The van der Waals surface area contributed by atoms with Crippen molar-refractivity contribution in [3.05, 3.63) is 0 Å². The first-order valence-corrected chi connectivity index (χ1v) is 11.1. The van der Waals surface area contributed by atoms with Crippen molar-refractivity contribution in [3.8, 4) is 6.07 Å². The molecule has 0 saturated carbocycles. The van der Waals surface area contributed by atoms with E-state index in [2.05, 4.69) is 6.07 Å². The summed E-state index contributed by atoms with van der Waals surface area (Å²) >= 11 is 0. The second-order valence-electron chi connectivity index (χ2n) is 9.55. The number of esters is 2. The van der Waals surface area contributed by atoms with E-state index >= 15 is 0 Å². The molecule has 0 spiro atoms. The Hall–Kier alpha value is -1.57. The summed E-state index contributed by atoms with van der Waals surface area (Å²) in [5, 5.41) is 10.5. The first-order chi connectivity index (χ1) is 13.4. The SMILES string of the molecule is CCC(C)C(C#N)(C(=O)OCC(C)C)C(C(=O)OCC(C)C)(C(C)C)C(C)CC. The zero-order chi connectivity index (χ0) is 23.0. The van der Waals surface area contributed by atoms with Gasteiger partial charge in [-0.05, 0) is 29.6 Å². The van der Waals surface area contributed by atoms with Gasteiger partial charge in [0.05, 0.1) is 19.3 Å². The van der Waals surface area contributed by atoms with Gasteiger partial charge in [0.15, 0.2) is 5.41 Å². The van der Waals surface area contributed by atoms with E-state index < -0.39 is 22.8 Å². The van der Waals surface area contributed by atoms with Gasteiger partial charge >= 0.3 is 11.9 Å². The molecular weight excluding hydrogens is 366 g/mol. The van der Waals surface area contributed by atoms with E-state index in [9.17, 15) is 14.9 Å². The van der Waals surface area contributed by atoms with Crippen LogP contribution < -0.4 is 0 Å². The largest absolute Gasteiger partial charge is 0.465 e. The zero-order valence-corrected chi connectivity index (χ0v) is 20.3. The molecule has 0 fully saturated rings. The number of ether oxygens (including phenoxy) is 2. The first-order valence-electron chi connectivity index (χ1n) is 11.1. The van der Waals surface area contributed by atoms with Crippen molar-refractivity contribution in [2.75, 3.05) is 13.2 Å². The van der Waals surface area contributed by atoms with Gasteiger partial charge in [-0.15, -0.1) is 0 Å². The van der Waals surface area contributed by atoms with Gasteiger partial charge in [0.25, 0.3) is 0 Å². The second-order valence-corrected chi connectivity index (χ2v) is 9.55. The van der Waals surface area contributed by atoms with Crippen molar-refractivity contribution >= 4 is 11.9 Å². The van der Waals surface area contributed by atoms with E-state index in [1.165, 1.54) is 0 Å². The third-order valence-electron chi connectivity index (χ3n) is 6.24. The number of hydrogen-bond acceptors (Lipinski definition) is 5. The number of carbonyl (C=O) groups excluding carboxylic acids is 2. The molecule has 0 heterocycles. The topological polar surface area (TPSA) is 76.4 Å². The lowest BCUT2D eigenvalue weighted by Gasteiger charge is -2.51. The molecule has 0 aliphatic heterocycles. The molecule has 4 atom stereocenters. The van der Waals surface area contributed by atoms with E-state index in [0.29, 0.717) is 12.8 Å². The predicted octanol–water partition coefficient (Wildman–Crippen LogP) is 5.63. The standard InChI is InChI=1S/C24H43NO4/c1-11-19(9)23(15-25,21(26)28-13-16(3)4)24(18(7)8,20(10)12-2)22(27)29-14-17(5)6/h16-20H,11-14H2,1-10H3. The Labute approximate surface area is 178 Å². The van der Waals surface area contributed by atoms with Crippen LogP contribution in [0.25, 0.3) is 0 Å². The molecule has 0 aromatic heterocycles. The third kappa shape index (κ3) is 5.32. The van der Waals surface area contributed by atoms with E-state index in [0.717, 1.165) is 0 Å². The monoisotopic (exact) mass is 409 g/mol. The summed E-state index contributed by atoms with van der Waals surface area (Å²) in [6, 6.07) is 2.32. The van der Waals surface area contributed by atoms with Crippen LogP contribution in [-0.4, -0.2) is 25.2 Å². The Morgan fingerprint density at radius 3 is 1.52 bits per heavy atom. The summed E-state index contributed by atoms with van der Waals surface area (Å²) in [6.45, 7) is 19.9. The Kier molecular flexibility index (Phi) is 10.9. The van der Waals surface area contributed by atoms with Crippen LogP contribution in [-0.2, 0) is 19.1 Å². The molecule has 0 aliphatic carbocycles. The van der Waals surface area contributed by atoms with Gasteiger partial charge in [-0.25, -0.2) is 0 Å². The molecule has 5 heteroatoms. The second kappa shape index (κ2) is 11.6. The predicted molar refractivity (Wildman–Crippen MR) is 116 cm³/mol. The lowest BCUT2D eigenvalue weighted by molar-refractivity contribution is -0.194. The van der Waals surface area contributed by atoms with E-state index in [1.54, 1.807) is 0 Å². The quantitative estimate of drug-likeness (QED) is 0.390. The molecule has 0 aliphatic rings. The Bertz CT molecular complexity index is 578. The molecule has 168 valence electrons. The van der Waals surface area contributed by atoms with Crippen molar-refractivity contribution < 1.29 is 19.1 Å². The third-order valence-corrected chi connectivity index (χ3v) is 6.24. The molecule has 4 unspecified atom stereocenters. The maximum atomic E-state index is 13.7. The molecular formula is C24H43NO4. The highest BCUT2D eigenvalue weighted by atomic mass is 16.5. The van der Waals surface area contributed by atoms with Gasteiger partial charge in [-0.3, -0.25) is 9.59 Å². The molecule has 0 saturated heterocycles. The molecule has 0 amide bonds. The average molecular weight is 410 g/mol. The minimum absolute atomic E-state index is 0.136. The van der Waals surface area contributed by atoms with Gasteiger partial charge in [0.2, 0.25) is 0 Å². The summed E-state index contributed by atoms with van der Waals surface area (Å²) in [4.78, 5) is 27.3. The first kappa shape index (κ1) is 27.4. The Morgan fingerprint density at radius 1 is 0.793 bits per heavy atom. The van der Waals surface area contributed by atoms with Crippen molar-refractivity contribution in [2.45, 2.75) is 82.1 Å². The van der Waals surface area contributed by atoms with Crippen molar-refractivity contribution in [3.63, 3.8) is 0 Å². The number of carbonyl (C=O) groups is 2. The molecule has 5 nitrogen and oxygen atoms in total. The number of nitriles is 1. The molecule has 0 rings (SSSR count). The fraction of sp³-hybridized carbons (Fsp3) is 0.875. The lowest BCUT2D eigenvalue weighted by atomic mass is 9.48. The smallest absolute Gasteiger partial charge is 0.328 e. The van der Waals surface area contributed by atoms with Crippen LogP contribution in [0.15, 0.2) is 0 Å². The molecule has 29 heavy (non-hydrogen) atoms. The van der Waals surface area contributed by atoms with Crippen molar-refractivity contribution in [1.29, 1.82) is 5.26 Å². The zero-order valence-electron chi connectivity index (χ0n) is 20.3. The summed E-state index contributed by atoms with van der Waals surface area (Å²) < 4.78 is 11.4. The van der Waals surface area contributed by atoms with Gasteiger partial charge in [0, 0.05) is 0 Å². The van der Waals surface area contributed by atoms with Crippen molar-refractivity contribution in [1.82, 2.24) is 0 Å². The summed E-state index contributed by atoms with van der Waals surface area (Å²) in [5.41, 5.74) is -2.91. The highest BCUT2D eigenvalue weighted by molar-refractivity contribution is 5.91. The highest BCUT2D eigenvalue weighted by Gasteiger charge is 2.68. The number of hydrogen-bond donors (Lipinski definition) is 0. The van der Waals surface area contributed by atoms with Crippen LogP contribution in [0.2, 0.25) is 0 Å². The van der Waals surface area contributed by atoms with E-state index in [4.69, 9.17) is 9.47 Å². The van der Waals surface area contributed by atoms with Crippen LogP contribution in [0.5, 0.6) is 0 Å². The summed E-state index contributed by atoms with van der Waals surface area (Å²) in [7, 11) is 0. The molecule has 0 radical (unpaired) electrons. The fourth-order valence-electron chi connectivity index (χ4n) is 4.38. The lowest BCUT2D eigenvalue weighted by Crippen LogP contribution is -2.62. The van der Waals surface area contributed by atoms with Crippen LogP contribution >= 0.6 is 0 Å². The van der Waals surface area contributed by atoms with Gasteiger partial charge < -0.3 is 9.47 Å². The number of rotatable bonds is 12. The van der Waals surface area contributed by atoms with Crippen LogP contribution in [0, 0.1) is 51.8 Å². The fourth-order valence-corrected chi connectivity index (χ4v) is 4.38. The molecule has 0 aromatic rings. The van der Waals surface area contributed by atoms with Crippen molar-refractivity contribution in [2.24, 2.45) is 40.4 Å². The minimum atomic E-state index is -1.62. The minimum Gasteiger partial charge on any atom is -0.465 e. The summed E-state index contributed by atoms with van der Waals surface area (Å²) in [6.07, 6.45) is 1.22. The Balaban J connectivity index is 6.89. The van der Waals surface area contributed by atoms with Gasteiger partial charge in [-0.1, -0.05) is 82.1 Å². The molecule has 0 bridgehead atoms. The summed E-state index contributed by atoms with van der Waals surface area (Å²) in [5.74, 6) is -1.64. The van der Waals surface area contributed by atoms with E-state index in [-0.39, 0.29) is 42.8 Å². The van der Waals surface area contributed by atoms with E-state index in [1.807, 2.05) is 69.2 Å². The molecule has 0 aromatic carbocycles. The highest BCUT2D eigenvalue weighted by Crippen LogP contribution is 2.57. The van der Waals surface area contributed by atoms with Gasteiger partial charge in [0.1, 0.15) is 5.41 Å². The number of nitrogens with zero attached hydrogens (tertiary/aromatic N) is 1. The van der Waals surface area contributed by atoms with Crippen LogP contribution in [0.1, 0.15) is 82.1 Å². The maximum absolute atomic E-state index is 13.7. The Morgan fingerprint density at radius 2 is 1.21 bits per heavy atom. The van der Waals surface area contributed by atoms with Gasteiger partial charge in [-0.2, -0.15) is 5.26 Å². The average Bonchev–Trinajstić information content (AvgIpc) is 2.66. The normalized spacial score (nSPS) is 17.9.